The van der Waals surface area contributed by atoms with E-state index in [-0.39, 0.29) is 0 Å². The summed E-state index contributed by atoms with van der Waals surface area (Å²) in [6.45, 7) is 3.11. The summed E-state index contributed by atoms with van der Waals surface area (Å²) < 4.78 is 2.41. The van der Waals surface area contributed by atoms with Gasteiger partial charge in [0.1, 0.15) is 0 Å². The zero-order chi connectivity index (χ0) is 17.1. The van der Waals surface area contributed by atoms with Crippen LogP contribution in [0.3, 0.4) is 0 Å². The molecule has 1 nitrogen and oxygen atoms in total. The molecule has 4 aromatic rings. The average molecular weight is 323 g/mol. The molecule has 0 spiro atoms. The second-order valence-corrected chi connectivity index (χ2v) is 6.33. The van der Waals surface area contributed by atoms with Gasteiger partial charge in [-0.1, -0.05) is 91.0 Å². The fourth-order valence-corrected chi connectivity index (χ4v) is 3.38. The highest BCUT2D eigenvalue weighted by atomic mass is 15.0. The molecule has 4 rings (SSSR count). The van der Waals surface area contributed by atoms with E-state index >= 15 is 0 Å². The molecule has 3 aromatic carbocycles. The number of para-hydroxylation sites is 1. The van der Waals surface area contributed by atoms with Crippen LogP contribution in [0.1, 0.15) is 22.4 Å². The van der Waals surface area contributed by atoms with Gasteiger partial charge in [0.25, 0.3) is 0 Å². The quantitative estimate of drug-likeness (QED) is 0.423. The SMILES string of the molecule is Cc1c(/C=C/c2ccccc2)c2ccccc2n1Cc1ccccc1. The molecular formula is C24H21N. The molecule has 0 radical (unpaired) electrons. The van der Waals surface area contributed by atoms with E-state index in [0.29, 0.717) is 0 Å². The summed E-state index contributed by atoms with van der Waals surface area (Å²) in [5.41, 5.74) is 6.44. The first-order valence-corrected chi connectivity index (χ1v) is 8.68. The van der Waals surface area contributed by atoms with Gasteiger partial charge in [0.2, 0.25) is 0 Å². The Bertz CT molecular complexity index is 1010. The van der Waals surface area contributed by atoms with E-state index in [9.17, 15) is 0 Å². The zero-order valence-electron chi connectivity index (χ0n) is 14.4. The summed E-state index contributed by atoms with van der Waals surface area (Å²) in [5.74, 6) is 0. The molecular weight excluding hydrogens is 302 g/mol. The van der Waals surface area contributed by atoms with E-state index in [1.54, 1.807) is 0 Å². The molecule has 1 heterocycles. The second-order valence-electron chi connectivity index (χ2n) is 6.33. The van der Waals surface area contributed by atoms with Gasteiger partial charge in [0, 0.05) is 28.7 Å². The molecule has 0 fully saturated rings. The van der Waals surface area contributed by atoms with Crippen LogP contribution < -0.4 is 0 Å². The standard InChI is InChI=1S/C24H21N/c1-19-22(17-16-20-10-4-2-5-11-20)23-14-8-9-15-24(23)25(19)18-21-12-6-3-7-13-21/h2-17H,18H2,1H3/b17-16+. The molecule has 0 aliphatic carbocycles. The van der Waals surface area contributed by atoms with Crippen LogP contribution in [0.4, 0.5) is 0 Å². The lowest BCUT2D eigenvalue weighted by molar-refractivity contribution is 0.804. The van der Waals surface area contributed by atoms with Gasteiger partial charge in [-0.15, -0.1) is 0 Å². The first-order chi connectivity index (χ1) is 12.3. The average Bonchev–Trinajstić information content (AvgIpc) is 2.93. The topological polar surface area (TPSA) is 4.93 Å². The molecule has 25 heavy (non-hydrogen) atoms. The van der Waals surface area contributed by atoms with Crippen molar-refractivity contribution in [1.82, 2.24) is 4.57 Å². The van der Waals surface area contributed by atoms with Crippen LogP contribution in [0.25, 0.3) is 23.1 Å². The molecule has 0 saturated carbocycles. The minimum absolute atomic E-state index is 0.895. The molecule has 0 amide bonds. The number of nitrogens with zero attached hydrogens (tertiary/aromatic N) is 1. The van der Waals surface area contributed by atoms with Crippen molar-refractivity contribution in [3.05, 3.63) is 107 Å². The lowest BCUT2D eigenvalue weighted by Crippen LogP contribution is -2.01. The first kappa shape index (κ1) is 15.5. The van der Waals surface area contributed by atoms with Crippen molar-refractivity contribution in [3.8, 4) is 0 Å². The van der Waals surface area contributed by atoms with E-state index in [1.165, 1.54) is 33.3 Å². The number of benzene rings is 3. The van der Waals surface area contributed by atoms with Gasteiger partial charge >= 0.3 is 0 Å². The van der Waals surface area contributed by atoms with E-state index in [4.69, 9.17) is 0 Å². The lowest BCUT2D eigenvalue weighted by Gasteiger charge is -2.08. The Balaban J connectivity index is 1.80. The van der Waals surface area contributed by atoms with Crippen LogP contribution in [0, 0.1) is 6.92 Å². The Morgan fingerprint density at radius 1 is 0.720 bits per heavy atom. The summed E-state index contributed by atoms with van der Waals surface area (Å²) in [5, 5.41) is 1.31. The zero-order valence-corrected chi connectivity index (χ0v) is 14.4. The molecule has 0 aliphatic rings. The Hall–Kier alpha value is -3.06. The Labute approximate surface area is 148 Å². The maximum absolute atomic E-state index is 2.41. The highest BCUT2D eigenvalue weighted by Crippen LogP contribution is 2.28. The van der Waals surface area contributed by atoms with Crippen LogP contribution in [0.5, 0.6) is 0 Å². The maximum Gasteiger partial charge on any atom is 0.0491 e. The molecule has 0 bridgehead atoms. The van der Waals surface area contributed by atoms with Crippen molar-refractivity contribution >= 4 is 23.1 Å². The number of fused-ring (bicyclic) bond motifs is 1. The van der Waals surface area contributed by atoms with Crippen LogP contribution in [0.15, 0.2) is 84.9 Å². The second kappa shape index (κ2) is 6.82. The number of rotatable bonds is 4. The third-order valence-electron chi connectivity index (χ3n) is 4.71. The van der Waals surface area contributed by atoms with Gasteiger partial charge in [-0.25, -0.2) is 0 Å². The maximum atomic E-state index is 2.41. The Morgan fingerprint density at radius 3 is 2.12 bits per heavy atom. The smallest absolute Gasteiger partial charge is 0.0491 e. The van der Waals surface area contributed by atoms with Gasteiger partial charge in [-0.2, -0.15) is 0 Å². The van der Waals surface area contributed by atoms with Crippen LogP contribution in [-0.4, -0.2) is 4.57 Å². The van der Waals surface area contributed by atoms with Crippen LogP contribution in [0.2, 0.25) is 0 Å². The van der Waals surface area contributed by atoms with Gasteiger partial charge in [-0.3, -0.25) is 0 Å². The molecule has 0 N–H and O–H groups in total. The molecule has 0 unspecified atom stereocenters. The van der Waals surface area contributed by atoms with Crippen LogP contribution >= 0.6 is 0 Å². The van der Waals surface area contributed by atoms with Crippen molar-refractivity contribution in [2.75, 3.05) is 0 Å². The van der Waals surface area contributed by atoms with E-state index < -0.39 is 0 Å². The Kier molecular flexibility index (Phi) is 4.22. The molecule has 0 atom stereocenters. The predicted octanol–water partition coefficient (Wildman–Crippen LogP) is 6.17. The van der Waals surface area contributed by atoms with Crippen LogP contribution in [-0.2, 0) is 6.54 Å². The van der Waals surface area contributed by atoms with Gasteiger partial charge in [0.05, 0.1) is 0 Å². The summed E-state index contributed by atoms with van der Waals surface area (Å²) >= 11 is 0. The summed E-state index contributed by atoms with van der Waals surface area (Å²) in [6, 6.07) is 29.8. The third kappa shape index (κ3) is 3.14. The van der Waals surface area contributed by atoms with Crippen molar-refractivity contribution in [3.63, 3.8) is 0 Å². The minimum atomic E-state index is 0.895. The normalized spacial score (nSPS) is 11.4. The predicted molar refractivity (Wildman–Crippen MR) is 108 cm³/mol. The lowest BCUT2D eigenvalue weighted by atomic mass is 10.1. The van der Waals surface area contributed by atoms with Crippen molar-refractivity contribution in [2.24, 2.45) is 0 Å². The third-order valence-corrected chi connectivity index (χ3v) is 4.71. The highest BCUT2D eigenvalue weighted by molar-refractivity contribution is 5.93. The first-order valence-electron chi connectivity index (χ1n) is 8.68. The van der Waals surface area contributed by atoms with Gasteiger partial charge in [0.15, 0.2) is 0 Å². The molecule has 0 saturated heterocycles. The fourth-order valence-electron chi connectivity index (χ4n) is 3.38. The van der Waals surface area contributed by atoms with Crippen molar-refractivity contribution < 1.29 is 0 Å². The molecule has 1 heteroatoms. The monoisotopic (exact) mass is 323 g/mol. The van der Waals surface area contributed by atoms with E-state index in [0.717, 1.165) is 6.54 Å². The van der Waals surface area contributed by atoms with E-state index in [2.05, 4.69) is 103 Å². The summed E-state index contributed by atoms with van der Waals surface area (Å²) in [6.07, 6.45) is 4.44. The molecule has 122 valence electrons. The number of aromatic nitrogens is 1. The number of hydrogen-bond donors (Lipinski definition) is 0. The molecule has 1 aromatic heterocycles. The van der Waals surface area contributed by atoms with Crippen molar-refractivity contribution in [1.29, 1.82) is 0 Å². The summed E-state index contributed by atoms with van der Waals surface area (Å²) in [4.78, 5) is 0. The Morgan fingerprint density at radius 2 is 1.36 bits per heavy atom. The largest absolute Gasteiger partial charge is 0.340 e. The van der Waals surface area contributed by atoms with Gasteiger partial charge < -0.3 is 4.57 Å². The van der Waals surface area contributed by atoms with E-state index in [1.807, 2.05) is 6.07 Å². The number of hydrogen-bond acceptors (Lipinski definition) is 0. The van der Waals surface area contributed by atoms with Crippen molar-refractivity contribution in [2.45, 2.75) is 13.5 Å². The highest BCUT2D eigenvalue weighted by Gasteiger charge is 2.11. The summed E-state index contributed by atoms with van der Waals surface area (Å²) in [7, 11) is 0. The minimum Gasteiger partial charge on any atom is -0.340 e. The van der Waals surface area contributed by atoms with Gasteiger partial charge in [-0.05, 0) is 24.1 Å². The fraction of sp³-hybridized carbons (Fsp3) is 0.0833. The molecule has 0 aliphatic heterocycles.